The highest BCUT2D eigenvalue weighted by Gasteiger charge is 2.27. The van der Waals surface area contributed by atoms with Gasteiger partial charge in [0.05, 0.1) is 0 Å². The molecule has 2 heteroatoms. The van der Waals surface area contributed by atoms with E-state index in [1.54, 1.807) is 10.4 Å². The maximum atomic E-state index is 3.82. The molecule has 0 aliphatic heterocycles. The van der Waals surface area contributed by atoms with Crippen LogP contribution in [0, 0.1) is 0 Å². The molecule has 0 fully saturated rings. The molecule has 0 amide bonds. The second kappa shape index (κ2) is 5.65. The van der Waals surface area contributed by atoms with Gasteiger partial charge in [0.25, 0.3) is 0 Å². The van der Waals surface area contributed by atoms with Gasteiger partial charge in [0, 0.05) is 16.8 Å². The lowest BCUT2D eigenvalue weighted by molar-refractivity contribution is 0.398. The average molecular weight is 235 g/mol. The molecule has 1 aliphatic carbocycles. The number of allylic oxidation sites excluding steroid dienone is 1. The van der Waals surface area contributed by atoms with Gasteiger partial charge in [0.1, 0.15) is 0 Å². The Kier molecular flexibility index (Phi) is 4.19. The van der Waals surface area contributed by atoms with Crippen molar-refractivity contribution in [3.05, 3.63) is 34.5 Å². The van der Waals surface area contributed by atoms with E-state index in [2.05, 4.69) is 30.4 Å². The maximum absolute atomic E-state index is 3.82. The van der Waals surface area contributed by atoms with E-state index in [9.17, 15) is 0 Å². The molecule has 2 unspecified atom stereocenters. The predicted octanol–water partition coefficient (Wildman–Crippen LogP) is 3.72. The van der Waals surface area contributed by atoms with Gasteiger partial charge in [0.2, 0.25) is 0 Å². The van der Waals surface area contributed by atoms with Crippen LogP contribution >= 0.6 is 11.3 Å². The van der Waals surface area contributed by atoms with Gasteiger partial charge in [-0.1, -0.05) is 6.08 Å². The third-order valence-electron chi connectivity index (χ3n) is 3.64. The van der Waals surface area contributed by atoms with Crippen molar-refractivity contribution in [3.63, 3.8) is 0 Å². The molecule has 1 aromatic rings. The zero-order valence-electron chi connectivity index (χ0n) is 10.0. The van der Waals surface area contributed by atoms with Gasteiger partial charge in [-0.3, -0.25) is 0 Å². The lowest BCUT2D eigenvalue weighted by atomic mass is 9.81. The van der Waals surface area contributed by atoms with Crippen LogP contribution in [0.1, 0.15) is 42.0 Å². The van der Waals surface area contributed by atoms with Gasteiger partial charge in [-0.25, -0.2) is 0 Å². The standard InChI is InChI=1S/C14H21NS/c1-3-4-7-13(15-2)11-6-5-8-14-12(11)9-10-16-14/h3,9-11,13,15H,1,4-8H2,2H3. The summed E-state index contributed by atoms with van der Waals surface area (Å²) in [5.41, 5.74) is 1.61. The Morgan fingerprint density at radius 3 is 3.31 bits per heavy atom. The predicted molar refractivity (Wildman–Crippen MR) is 72.3 cm³/mol. The summed E-state index contributed by atoms with van der Waals surface area (Å²) >= 11 is 1.93. The fraction of sp³-hybridized carbons (Fsp3) is 0.571. The van der Waals surface area contributed by atoms with Crippen molar-refractivity contribution in [2.75, 3.05) is 7.05 Å². The molecule has 1 aromatic heterocycles. The number of thiophene rings is 1. The SMILES string of the molecule is C=CCCC(NC)C1CCCc2sccc21. The molecule has 1 heterocycles. The summed E-state index contributed by atoms with van der Waals surface area (Å²) < 4.78 is 0. The minimum Gasteiger partial charge on any atom is -0.316 e. The molecule has 0 saturated carbocycles. The van der Waals surface area contributed by atoms with E-state index >= 15 is 0 Å². The fourth-order valence-corrected chi connectivity index (χ4v) is 3.78. The summed E-state index contributed by atoms with van der Waals surface area (Å²) in [5.74, 6) is 0.722. The van der Waals surface area contributed by atoms with Crippen molar-refractivity contribution in [3.8, 4) is 0 Å². The van der Waals surface area contributed by atoms with E-state index in [0.29, 0.717) is 6.04 Å². The van der Waals surface area contributed by atoms with E-state index in [4.69, 9.17) is 0 Å². The van der Waals surface area contributed by atoms with Crippen LogP contribution in [-0.4, -0.2) is 13.1 Å². The van der Waals surface area contributed by atoms with E-state index in [1.165, 1.54) is 25.7 Å². The second-order valence-corrected chi connectivity index (χ2v) is 5.56. The number of nitrogens with one attached hydrogen (secondary N) is 1. The summed E-state index contributed by atoms with van der Waals surface area (Å²) in [5, 5.41) is 5.75. The highest BCUT2D eigenvalue weighted by molar-refractivity contribution is 7.10. The first-order valence-electron chi connectivity index (χ1n) is 6.21. The third kappa shape index (κ3) is 2.38. The molecule has 1 nitrogen and oxygen atoms in total. The van der Waals surface area contributed by atoms with E-state index in [0.717, 1.165) is 12.3 Å². The van der Waals surface area contributed by atoms with Crippen LogP contribution in [0.25, 0.3) is 0 Å². The first kappa shape index (κ1) is 11.9. The van der Waals surface area contributed by atoms with Crippen LogP contribution in [0.3, 0.4) is 0 Å². The Labute approximate surface area is 103 Å². The second-order valence-electron chi connectivity index (χ2n) is 4.56. The first-order chi connectivity index (χ1) is 7.86. The molecule has 0 aromatic carbocycles. The quantitative estimate of drug-likeness (QED) is 0.767. The van der Waals surface area contributed by atoms with Crippen molar-refractivity contribution >= 4 is 11.3 Å². The Bertz CT molecular complexity index is 342. The lowest BCUT2D eigenvalue weighted by Gasteiger charge is -2.30. The van der Waals surface area contributed by atoms with Gasteiger partial charge >= 0.3 is 0 Å². The minimum atomic E-state index is 0.617. The lowest BCUT2D eigenvalue weighted by Crippen LogP contribution is -2.33. The van der Waals surface area contributed by atoms with Crippen molar-refractivity contribution < 1.29 is 0 Å². The molecular formula is C14H21NS. The summed E-state index contributed by atoms with van der Waals surface area (Å²) in [6.45, 7) is 3.82. The van der Waals surface area contributed by atoms with Crippen molar-refractivity contribution in [1.82, 2.24) is 5.32 Å². The number of hydrogen-bond donors (Lipinski definition) is 1. The van der Waals surface area contributed by atoms with Crippen LogP contribution < -0.4 is 5.32 Å². The Morgan fingerprint density at radius 2 is 2.56 bits per heavy atom. The highest BCUT2D eigenvalue weighted by atomic mass is 32.1. The zero-order valence-corrected chi connectivity index (χ0v) is 10.9. The number of likely N-dealkylation sites (N-methyl/N-ethyl adjacent to an activating group) is 1. The molecule has 16 heavy (non-hydrogen) atoms. The van der Waals surface area contributed by atoms with Crippen LogP contribution in [0.5, 0.6) is 0 Å². The zero-order chi connectivity index (χ0) is 11.4. The molecule has 0 radical (unpaired) electrons. The molecule has 2 atom stereocenters. The van der Waals surface area contributed by atoms with Crippen LogP contribution in [-0.2, 0) is 6.42 Å². The fourth-order valence-electron chi connectivity index (χ4n) is 2.78. The largest absolute Gasteiger partial charge is 0.316 e. The van der Waals surface area contributed by atoms with Crippen LogP contribution in [0.2, 0.25) is 0 Å². The number of fused-ring (bicyclic) bond motifs is 1. The van der Waals surface area contributed by atoms with E-state index < -0.39 is 0 Å². The van der Waals surface area contributed by atoms with Gasteiger partial charge in [-0.2, -0.15) is 0 Å². The van der Waals surface area contributed by atoms with Crippen molar-refractivity contribution in [1.29, 1.82) is 0 Å². The van der Waals surface area contributed by atoms with Crippen molar-refractivity contribution in [2.24, 2.45) is 0 Å². The molecular weight excluding hydrogens is 214 g/mol. The van der Waals surface area contributed by atoms with Crippen LogP contribution in [0.4, 0.5) is 0 Å². The van der Waals surface area contributed by atoms with Crippen molar-refractivity contribution in [2.45, 2.75) is 44.1 Å². The molecule has 1 N–H and O–H groups in total. The summed E-state index contributed by atoms with van der Waals surface area (Å²) in [6, 6.07) is 2.95. The monoisotopic (exact) mass is 235 g/mol. The van der Waals surface area contributed by atoms with Crippen LogP contribution in [0.15, 0.2) is 24.1 Å². The third-order valence-corrected chi connectivity index (χ3v) is 4.63. The topological polar surface area (TPSA) is 12.0 Å². The molecule has 88 valence electrons. The molecule has 1 aliphatic rings. The number of rotatable bonds is 5. The molecule has 2 rings (SSSR count). The number of aryl methyl sites for hydroxylation is 1. The van der Waals surface area contributed by atoms with E-state index in [-0.39, 0.29) is 0 Å². The Morgan fingerprint density at radius 1 is 1.69 bits per heavy atom. The summed E-state index contributed by atoms with van der Waals surface area (Å²) in [4.78, 5) is 1.62. The molecule has 0 bridgehead atoms. The van der Waals surface area contributed by atoms with Gasteiger partial charge < -0.3 is 5.32 Å². The maximum Gasteiger partial charge on any atom is 0.0136 e. The highest BCUT2D eigenvalue weighted by Crippen LogP contribution is 2.37. The van der Waals surface area contributed by atoms with Gasteiger partial charge in [-0.05, 0) is 56.2 Å². The average Bonchev–Trinajstić information content (AvgIpc) is 2.78. The summed E-state index contributed by atoms with van der Waals surface area (Å²) in [7, 11) is 2.09. The molecule has 0 saturated heterocycles. The Hall–Kier alpha value is -0.600. The van der Waals surface area contributed by atoms with Gasteiger partial charge in [0.15, 0.2) is 0 Å². The first-order valence-corrected chi connectivity index (χ1v) is 7.09. The molecule has 0 spiro atoms. The van der Waals surface area contributed by atoms with E-state index in [1.807, 2.05) is 17.4 Å². The van der Waals surface area contributed by atoms with Gasteiger partial charge in [-0.15, -0.1) is 17.9 Å². The minimum absolute atomic E-state index is 0.617. The Balaban J connectivity index is 2.12. The smallest absolute Gasteiger partial charge is 0.0136 e. The summed E-state index contributed by atoms with van der Waals surface area (Å²) in [6.07, 6.45) is 8.33. The number of hydrogen-bond acceptors (Lipinski definition) is 2. The normalized spacial score (nSPS) is 21.4.